The van der Waals surface area contributed by atoms with Gasteiger partial charge in [-0.2, -0.15) is 0 Å². The quantitative estimate of drug-likeness (QED) is 0.433. The Labute approximate surface area is 82.2 Å². The Bertz CT molecular complexity index is 168. The molecule has 1 nitrogen and oxygen atoms in total. The van der Waals surface area contributed by atoms with Gasteiger partial charge < -0.3 is 0 Å². The molecule has 0 rings (SSSR count). The van der Waals surface area contributed by atoms with Crippen molar-refractivity contribution in [2.24, 2.45) is 5.92 Å². The first-order chi connectivity index (χ1) is 6.04. The van der Waals surface area contributed by atoms with Crippen LogP contribution in [0.25, 0.3) is 0 Å². The molecular weight excluding hydrogens is 160 g/mol. The molecule has 0 N–H and O–H groups in total. The maximum absolute atomic E-state index is 11.1. The third-order valence-corrected chi connectivity index (χ3v) is 1.99. The first-order valence-corrected chi connectivity index (χ1v) is 5.07. The highest BCUT2D eigenvalue weighted by Gasteiger charge is 2.02. The fraction of sp³-hybridized carbons (Fsp3) is 0.667. The van der Waals surface area contributed by atoms with Gasteiger partial charge in [-0.25, -0.2) is 0 Å². The minimum absolute atomic E-state index is 0.101. The Morgan fingerprint density at radius 1 is 1.38 bits per heavy atom. The van der Waals surface area contributed by atoms with Gasteiger partial charge in [0.25, 0.3) is 0 Å². The van der Waals surface area contributed by atoms with E-state index in [-0.39, 0.29) is 5.78 Å². The first kappa shape index (κ1) is 12.4. The minimum Gasteiger partial charge on any atom is -0.294 e. The van der Waals surface area contributed by atoms with Gasteiger partial charge in [-0.15, -0.1) is 0 Å². The van der Waals surface area contributed by atoms with Crippen LogP contribution < -0.4 is 0 Å². The molecule has 0 aromatic heterocycles. The monoisotopic (exact) mass is 181 g/mol. The number of Topliss-reactive ketones (excluding diaryl/α,β-unsaturated/α-hetero) is 1. The van der Waals surface area contributed by atoms with Crippen molar-refractivity contribution in [3.63, 3.8) is 0 Å². The topological polar surface area (TPSA) is 17.1 Å². The van der Waals surface area contributed by atoms with Gasteiger partial charge in [0.15, 0.2) is 5.78 Å². The first-order valence-electron chi connectivity index (χ1n) is 5.07. The van der Waals surface area contributed by atoms with Crippen LogP contribution in [0.4, 0.5) is 0 Å². The van der Waals surface area contributed by atoms with E-state index >= 15 is 0 Å². The molecule has 0 spiro atoms. The summed E-state index contributed by atoms with van der Waals surface area (Å²) in [6, 6.07) is 0. The summed E-state index contributed by atoms with van der Waals surface area (Å²) >= 11 is 0. The van der Waals surface area contributed by atoms with Gasteiger partial charge >= 0.3 is 0 Å². The molecule has 1 radical (unpaired) electrons. The molecule has 0 amide bonds. The zero-order valence-corrected chi connectivity index (χ0v) is 9.10. The molecular formula is C12H21O. The summed E-state index contributed by atoms with van der Waals surface area (Å²) in [4.78, 5) is 11.1. The predicted octanol–water partition coefficient (Wildman–Crippen LogP) is 3.55. The fourth-order valence-corrected chi connectivity index (χ4v) is 1.10. The lowest BCUT2D eigenvalue weighted by atomic mass is 10.0. The van der Waals surface area contributed by atoms with E-state index in [4.69, 9.17) is 0 Å². The van der Waals surface area contributed by atoms with Crippen LogP contribution in [0.5, 0.6) is 0 Å². The average Bonchev–Trinajstić information content (AvgIpc) is 2.02. The van der Waals surface area contributed by atoms with Gasteiger partial charge in [-0.1, -0.05) is 39.7 Å². The molecule has 0 aromatic carbocycles. The van der Waals surface area contributed by atoms with Crippen LogP contribution in [0.2, 0.25) is 0 Å². The Balaban J connectivity index is 3.26. The molecule has 0 aliphatic heterocycles. The molecule has 0 heterocycles. The molecule has 0 aliphatic rings. The van der Waals surface area contributed by atoms with Crippen molar-refractivity contribution in [2.75, 3.05) is 0 Å². The summed E-state index contributed by atoms with van der Waals surface area (Å²) in [7, 11) is 0. The summed E-state index contributed by atoms with van der Waals surface area (Å²) in [6.45, 7) is 9.81. The minimum atomic E-state index is 0.101. The molecule has 0 saturated heterocycles. The van der Waals surface area contributed by atoms with Crippen molar-refractivity contribution in [1.29, 1.82) is 0 Å². The van der Waals surface area contributed by atoms with E-state index < -0.39 is 0 Å². The van der Waals surface area contributed by atoms with E-state index in [1.54, 1.807) is 13.3 Å². The van der Waals surface area contributed by atoms with E-state index in [9.17, 15) is 4.79 Å². The van der Waals surface area contributed by atoms with Crippen LogP contribution >= 0.6 is 0 Å². The van der Waals surface area contributed by atoms with Crippen LogP contribution in [0, 0.1) is 12.3 Å². The molecule has 0 aromatic rings. The highest BCUT2D eigenvalue weighted by molar-refractivity contribution is 6.00. The lowest BCUT2D eigenvalue weighted by Gasteiger charge is -2.03. The van der Waals surface area contributed by atoms with E-state index in [1.807, 2.05) is 0 Å². The highest BCUT2D eigenvalue weighted by atomic mass is 16.1. The zero-order chi connectivity index (χ0) is 10.3. The van der Waals surface area contributed by atoms with Crippen LogP contribution in [-0.4, -0.2) is 5.78 Å². The number of hydrogen-bond donors (Lipinski definition) is 0. The van der Waals surface area contributed by atoms with Crippen molar-refractivity contribution < 1.29 is 4.79 Å². The number of ketones is 1. The third kappa shape index (κ3) is 7.76. The fourth-order valence-electron chi connectivity index (χ4n) is 1.10. The van der Waals surface area contributed by atoms with Crippen molar-refractivity contribution in [1.82, 2.24) is 0 Å². The van der Waals surface area contributed by atoms with Crippen LogP contribution in [-0.2, 0) is 4.79 Å². The number of allylic oxidation sites excluding steroid dienone is 1. The van der Waals surface area contributed by atoms with Gasteiger partial charge in [0.1, 0.15) is 0 Å². The maximum Gasteiger partial charge on any atom is 0.161 e. The van der Waals surface area contributed by atoms with Crippen molar-refractivity contribution >= 4 is 5.78 Å². The largest absolute Gasteiger partial charge is 0.294 e. The standard InChI is InChI=1S/C12H21O/c1-10(2)8-6-5-7-9-12(13)11(3)4/h9-10H,3,5-8H2,1-2,4H3. The number of rotatable bonds is 7. The molecule has 13 heavy (non-hydrogen) atoms. The van der Waals surface area contributed by atoms with Crippen LogP contribution in [0.1, 0.15) is 46.5 Å². The summed E-state index contributed by atoms with van der Waals surface area (Å²) in [5.41, 5.74) is 0.642. The second-order valence-corrected chi connectivity index (χ2v) is 4.03. The highest BCUT2D eigenvalue weighted by Crippen LogP contribution is 2.10. The number of hydrogen-bond acceptors (Lipinski definition) is 1. The molecule has 0 saturated carbocycles. The normalized spacial score (nSPS) is 10.5. The van der Waals surface area contributed by atoms with Crippen LogP contribution in [0.3, 0.4) is 0 Å². The number of unbranched alkanes of at least 4 members (excludes halogenated alkanes) is 2. The van der Waals surface area contributed by atoms with Gasteiger partial charge in [-0.05, 0) is 24.8 Å². The Morgan fingerprint density at radius 2 is 2.00 bits per heavy atom. The van der Waals surface area contributed by atoms with E-state index in [0.29, 0.717) is 5.57 Å². The average molecular weight is 181 g/mol. The van der Waals surface area contributed by atoms with E-state index in [2.05, 4.69) is 20.4 Å². The van der Waals surface area contributed by atoms with Gasteiger partial charge in [0.05, 0.1) is 0 Å². The molecule has 0 unspecified atom stereocenters. The summed E-state index contributed by atoms with van der Waals surface area (Å²) in [5, 5.41) is 0. The van der Waals surface area contributed by atoms with Crippen molar-refractivity contribution in [3.05, 3.63) is 18.6 Å². The van der Waals surface area contributed by atoms with Crippen LogP contribution in [0.15, 0.2) is 12.2 Å². The Hall–Kier alpha value is -0.590. The summed E-state index contributed by atoms with van der Waals surface area (Å²) in [6.07, 6.45) is 6.25. The SMILES string of the molecule is C=C(C)C(=O)[CH]CCCCC(C)C. The molecule has 0 aliphatic carbocycles. The molecule has 0 atom stereocenters. The lowest BCUT2D eigenvalue weighted by Crippen LogP contribution is -1.99. The predicted molar refractivity (Wildman–Crippen MR) is 57.4 cm³/mol. The van der Waals surface area contributed by atoms with Gasteiger partial charge in [0, 0.05) is 6.42 Å². The summed E-state index contributed by atoms with van der Waals surface area (Å²) in [5.74, 6) is 0.876. The van der Waals surface area contributed by atoms with Crippen molar-refractivity contribution in [2.45, 2.75) is 46.5 Å². The maximum atomic E-state index is 11.1. The lowest BCUT2D eigenvalue weighted by molar-refractivity contribution is -0.112. The van der Waals surface area contributed by atoms with Gasteiger partial charge in [0.2, 0.25) is 0 Å². The Morgan fingerprint density at radius 3 is 2.46 bits per heavy atom. The third-order valence-electron chi connectivity index (χ3n) is 1.99. The second kappa shape index (κ2) is 6.88. The van der Waals surface area contributed by atoms with E-state index in [0.717, 1.165) is 18.8 Å². The Kier molecular flexibility index (Phi) is 6.56. The summed E-state index contributed by atoms with van der Waals surface area (Å²) < 4.78 is 0. The molecule has 0 bridgehead atoms. The number of carbonyl (C=O) groups excluding carboxylic acids is 1. The van der Waals surface area contributed by atoms with Crippen molar-refractivity contribution in [3.8, 4) is 0 Å². The van der Waals surface area contributed by atoms with E-state index in [1.165, 1.54) is 12.8 Å². The molecule has 0 fully saturated rings. The van der Waals surface area contributed by atoms with Gasteiger partial charge in [-0.3, -0.25) is 4.79 Å². The molecule has 1 heteroatoms. The zero-order valence-electron chi connectivity index (χ0n) is 9.10. The second-order valence-electron chi connectivity index (χ2n) is 4.03. The smallest absolute Gasteiger partial charge is 0.161 e. The molecule has 75 valence electrons. The number of carbonyl (C=O) groups is 1.